The summed E-state index contributed by atoms with van der Waals surface area (Å²) in [6.07, 6.45) is 1.35. The molecular formula is C23H19Br2IN2O5S. The Hall–Kier alpha value is -1.70. The Morgan fingerprint density at radius 2 is 2.06 bits per heavy atom. The van der Waals surface area contributed by atoms with E-state index in [2.05, 4.69) is 59.4 Å². The van der Waals surface area contributed by atoms with Crippen LogP contribution in [0.3, 0.4) is 0 Å². The lowest BCUT2D eigenvalue weighted by Crippen LogP contribution is -2.40. The molecule has 0 spiro atoms. The highest BCUT2D eigenvalue weighted by atomic mass is 127. The summed E-state index contributed by atoms with van der Waals surface area (Å²) in [4.78, 5) is 32.0. The van der Waals surface area contributed by atoms with Gasteiger partial charge in [-0.2, -0.15) is 0 Å². The molecule has 0 bridgehead atoms. The first-order chi connectivity index (χ1) is 16.1. The molecule has 0 N–H and O–H groups in total. The standard InChI is InChI=1S/C23H19Br2IN2O5S/c1-10(2)32-22(30)18-11(3)27-23-28(19(18)14-7-12(24)5-6-16(14)31-4)21(29)17(34-23)9-13-8-15(25)20(26)33-13/h5-10,19H,1-4H3/b17-9-/t19-/m0/s1. The maximum Gasteiger partial charge on any atom is 0.338 e. The molecule has 178 valence electrons. The number of hydrogen-bond acceptors (Lipinski definition) is 7. The van der Waals surface area contributed by atoms with Crippen molar-refractivity contribution in [2.24, 2.45) is 4.99 Å². The maximum atomic E-state index is 13.7. The number of ether oxygens (including phenoxy) is 2. The molecule has 0 amide bonds. The molecule has 0 aliphatic carbocycles. The highest BCUT2D eigenvalue weighted by Crippen LogP contribution is 2.37. The molecule has 2 aromatic heterocycles. The van der Waals surface area contributed by atoms with E-state index in [0.717, 1.165) is 8.95 Å². The van der Waals surface area contributed by atoms with Crippen molar-refractivity contribution in [1.29, 1.82) is 0 Å². The number of thiazole rings is 1. The highest BCUT2D eigenvalue weighted by molar-refractivity contribution is 14.1. The number of benzene rings is 1. The van der Waals surface area contributed by atoms with Gasteiger partial charge in [-0.3, -0.25) is 9.36 Å². The zero-order chi connectivity index (χ0) is 24.7. The summed E-state index contributed by atoms with van der Waals surface area (Å²) in [5.74, 6) is 0.548. The predicted octanol–water partition coefficient (Wildman–Crippen LogP) is 4.92. The number of carbonyl (C=O) groups is 1. The first kappa shape index (κ1) is 25.4. The lowest BCUT2D eigenvalue weighted by atomic mass is 9.95. The molecule has 0 saturated carbocycles. The van der Waals surface area contributed by atoms with Gasteiger partial charge in [-0.25, -0.2) is 9.79 Å². The number of hydrogen-bond donors (Lipinski definition) is 0. The van der Waals surface area contributed by atoms with Gasteiger partial charge in [0.2, 0.25) is 0 Å². The van der Waals surface area contributed by atoms with E-state index in [1.54, 1.807) is 46.1 Å². The molecule has 4 rings (SSSR count). The van der Waals surface area contributed by atoms with Crippen LogP contribution in [0.2, 0.25) is 0 Å². The van der Waals surface area contributed by atoms with Crippen LogP contribution in [0.25, 0.3) is 6.08 Å². The van der Waals surface area contributed by atoms with Crippen LogP contribution in [0, 0.1) is 3.77 Å². The van der Waals surface area contributed by atoms with E-state index in [1.165, 1.54) is 15.9 Å². The van der Waals surface area contributed by atoms with E-state index < -0.39 is 12.0 Å². The van der Waals surface area contributed by atoms with E-state index in [4.69, 9.17) is 13.9 Å². The molecule has 0 unspecified atom stereocenters. The Morgan fingerprint density at radius 3 is 2.68 bits per heavy atom. The van der Waals surface area contributed by atoms with Crippen molar-refractivity contribution in [2.45, 2.75) is 32.9 Å². The van der Waals surface area contributed by atoms with Gasteiger partial charge in [0.15, 0.2) is 8.57 Å². The lowest BCUT2D eigenvalue weighted by molar-refractivity contribution is -0.143. The normalized spacial score (nSPS) is 16.0. The molecule has 3 aromatic rings. The summed E-state index contributed by atoms with van der Waals surface area (Å²) in [5.41, 5.74) is 1.13. The highest BCUT2D eigenvalue weighted by Gasteiger charge is 2.35. The second kappa shape index (κ2) is 10.1. The van der Waals surface area contributed by atoms with Crippen molar-refractivity contribution in [2.75, 3.05) is 7.11 Å². The van der Waals surface area contributed by atoms with Gasteiger partial charge in [-0.1, -0.05) is 27.3 Å². The van der Waals surface area contributed by atoms with Gasteiger partial charge in [0, 0.05) is 38.7 Å². The fourth-order valence-corrected chi connectivity index (χ4v) is 5.76. The third kappa shape index (κ3) is 4.84. The Bertz CT molecular complexity index is 1480. The topological polar surface area (TPSA) is 83.0 Å². The number of halogens is 3. The first-order valence-corrected chi connectivity index (χ1v) is 13.6. The zero-order valence-electron chi connectivity index (χ0n) is 18.5. The fraction of sp³-hybridized carbons (Fsp3) is 0.261. The minimum absolute atomic E-state index is 0.291. The molecule has 0 saturated heterocycles. The molecule has 1 aromatic carbocycles. The van der Waals surface area contributed by atoms with Gasteiger partial charge >= 0.3 is 5.97 Å². The van der Waals surface area contributed by atoms with Crippen molar-refractivity contribution in [3.05, 3.63) is 79.3 Å². The van der Waals surface area contributed by atoms with Crippen molar-refractivity contribution in [1.82, 2.24) is 4.57 Å². The fourth-order valence-electron chi connectivity index (χ4n) is 3.64. The van der Waals surface area contributed by atoms with Crippen LogP contribution in [0.5, 0.6) is 5.75 Å². The van der Waals surface area contributed by atoms with E-state index in [1.807, 2.05) is 12.1 Å². The summed E-state index contributed by atoms with van der Waals surface area (Å²) in [6.45, 7) is 5.30. The Labute approximate surface area is 229 Å². The molecule has 0 radical (unpaired) electrons. The Balaban J connectivity index is 2.01. The van der Waals surface area contributed by atoms with Gasteiger partial charge < -0.3 is 13.9 Å². The molecule has 11 heteroatoms. The predicted molar refractivity (Wildman–Crippen MR) is 145 cm³/mol. The van der Waals surface area contributed by atoms with Crippen LogP contribution in [0.1, 0.15) is 38.1 Å². The second-order valence-electron chi connectivity index (χ2n) is 7.69. The van der Waals surface area contributed by atoms with Crippen LogP contribution < -0.4 is 19.6 Å². The third-order valence-electron chi connectivity index (χ3n) is 5.01. The summed E-state index contributed by atoms with van der Waals surface area (Å²) in [7, 11) is 1.55. The van der Waals surface area contributed by atoms with Crippen molar-refractivity contribution in [3.8, 4) is 5.75 Å². The summed E-state index contributed by atoms with van der Waals surface area (Å²) in [5, 5.41) is 0. The van der Waals surface area contributed by atoms with Crippen LogP contribution in [-0.4, -0.2) is 23.8 Å². The molecule has 1 aliphatic heterocycles. The minimum Gasteiger partial charge on any atom is -0.496 e. The third-order valence-corrected chi connectivity index (χ3v) is 8.62. The number of methoxy groups -OCH3 is 1. The van der Waals surface area contributed by atoms with E-state index in [9.17, 15) is 9.59 Å². The van der Waals surface area contributed by atoms with Crippen molar-refractivity contribution >= 4 is 77.8 Å². The van der Waals surface area contributed by atoms with Crippen LogP contribution in [0.4, 0.5) is 0 Å². The van der Waals surface area contributed by atoms with E-state index in [0.29, 0.717) is 41.4 Å². The SMILES string of the molecule is COc1ccc(Br)cc1[C@H]1C(C(=O)OC(C)C)=C(C)N=c2s/c(=C\c3cc(Br)c(I)o3)c(=O)n21. The van der Waals surface area contributed by atoms with Crippen molar-refractivity contribution in [3.63, 3.8) is 0 Å². The molecule has 7 nitrogen and oxygen atoms in total. The Morgan fingerprint density at radius 1 is 1.32 bits per heavy atom. The maximum absolute atomic E-state index is 13.7. The average molecular weight is 722 g/mol. The summed E-state index contributed by atoms with van der Waals surface area (Å²) < 4.78 is 21.1. The number of rotatable bonds is 5. The number of esters is 1. The van der Waals surface area contributed by atoms with Gasteiger partial charge in [0.25, 0.3) is 5.56 Å². The summed E-state index contributed by atoms with van der Waals surface area (Å²) in [6, 6.07) is 6.49. The van der Waals surface area contributed by atoms with Gasteiger partial charge in [0.05, 0.1) is 33.5 Å². The van der Waals surface area contributed by atoms with E-state index in [-0.39, 0.29) is 11.7 Å². The minimum atomic E-state index is -0.777. The molecule has 3 heterocycles. The number of carbonyl (C=O) groups excluding carboxylic acids is 1. The molecule has 34 heavy (non-hydrogen) atoms. The first-order valence-electron chi connectivity index (χ1n) is 10.1. The van der Waals surface area contributed by atoms with Gasteiger partial charge in [0.1, 0.15) is 17.6 Å². The number of nitrogens with zero attached hydrogens (tertiary/aromatic N) is 2. The monoisotopic (exact) mass is 720 g/mol. The van der Waals surface area contributed by atoms with Crippen LogP contribution in [0.15, 0.2) is 58.7 Å². The second-order valence-corrected chi connectivity index (χ2v) is 11.5. The van der Waals surface area contributed by atoms with Crippen molar-refractivity contribution < 1.29 is 18.7 Å². The smallest absolute Gasteiger partial charge is 0.338 e. The molecule has 1 aliphatic rings. The van der Waals surface area contributed by atoms with Crippen LogP contribution in [-0.2, 0) is 9.53 Å². The molecule has 1 atom stereocenters. The van der Waals surface area contributed by atoms with E-state index >= 15 is 0 Å². The average Bonchev–Trinajstić information content (AvgIpc) is 3.24. The van der Waals surface area contributed by atoms with Crippen LogP contribution >= 0.6 is 65.8 Å². The van der Waals surface area contributed by atoms with Gasteiger partial charge in [-0.15, -0.1) is 0 Å². The number of allylic oxidation sites excluding steroid dienone is 1. The number of furan rings is 1. The Kier molecular flexibility index (Phi) is 7.56. The molecular weight excluding hydrogens is 703 g/mol. The zero-order valence-corrected chi connectivity index (χ0v) is 24.7. The molecule has 0 fully saturated rings. The van der Waals surface area contributed by atoms with Gasteiger partial charge in [-0.05, 0) is 61.0 Å². The number of aromatic nitrogens is 1. The summed E-state index contributed by atoms with van der Waals surface area (Å²) >= 11 is 10.2. The quantitative estimate of drug-likeness (QED) is 0.276. The number of fused-ring (bicyclic) bond motifs is 1. The largest absolute Gasteiger partial charge is 0.496 e. The lowest BCUT2D eigenvalue weighted by Gasteiger charge is -2.26.